The molecule has 1 fully saturated rings. The highest BCUT2D eigenvalue weighted by atomic mass is 19.1. The van der Waals surface area contributed by atoms with E-state index < -0.39 is 11.9 Å². The Labute approximate surface area is 153 Å². The normalized spacial score (nSPS) is 16.6. The molecule has 1 aliphatic rings. The molecular formula is C21H23FN2O2. The standard InChI is InChI=1S/C21H23FN2O2/c1-14-6-4-7-16(12-14)20(25)24-11-5-8-19(24)21(26)23(3)18-10-9-15(2)13-17(18)22/h4,6-7,9-10,12-13,19H,5,8,11H2,1-3H3/t19-/m1/s1. The van der Waals surface area contributed by atoms with Gasteiger partial charge in [0.25, 0.3) is 5.91 Å². The number of aryl methyl sites for hydroxylation is 2. The summed E-state index contributed by atoms with van der Waals surface area (Å²) in [5.41, 5.74) is 2.60. The molecule has 1 saturated heterocycles. The van der Waals surface area contributed by atoms with Crippen molar-refractivity contribution >= 4 is 17.5 Å². The van der Waals surface area contributed by atoms with Gasteiger partial charge in [-0.05, 0) is 56.5 Å². The molecule has 0 spiro atoms. The van der Waals surface area contributed by atoms with Crippen LogP contribution in [0.3, 0.4) is 0 Å². The van der Waals surface area contributed by atoms with Crippen LogP contribution in [0.4, 0.5) is 10.1 Å². The molecule has 1 heterocycles. The molecule has 26 heavy (non-hydrogen) atoms. The molecule has 0 radical (unpaired) electrons. The first kappa shape index (κ1) is 18.1. The SMILES string of the molecule is Cc1cccc(C(=O)N2CCC[C@@H]2C(=O)N(C)c2ccc(C)cc2F)c1. The van der Waals surface area contributed by atoms with E-state index in [4.69, 9.17) is 0 Å². The van der Waals surface area contributed by atoms with Crippen molar-refractivity contribution in [1.29, 1.82) is 0 Å². The molecule has 1 atom stereocenters. The number of hydrogen-bond donors (Lipinski definition) is 0. The number of carbonyl (C=O) groups is 2. The molecule has 0 aromatic heterocycles. The van der Waals surface area contributed by atoms with Crippen molar-refractivity contribution in [3.05, 3.63) is 65.0 Å². The zero-order valence-electron chi connectivity index (χ0n) is 15.3. The summed E-state index contributed by atoms with van der Waals surface area (Å²) in [6, 6.07) is 11.6. The van der Waals surface area contributed by atoms with E-state index in [9.17, 15) is 14.0 Å². The molecule has 2 aromatic carbocycles. The van der Waals surface area contributed by atoms with Gasteiger partial charge in [-0.3, -0.25) is 9.59 Å². The maximum absolute atomic E-state index is 14.2. The van der Waals surface area contributed by atoms with Crippen LogP contribution in [0.2, 0.25) is 0 Å². The van der Waals surface area contributed by atoms with Crippen molar-refractivity contribution in [3.63, 3.8) is 0 Å². The molecule has 136 valence electrons. The lowest BCUT2D eigenvalue weighted by Gasteiger charge is -2.28. The largest absolute Gasteiger partial charge is 0.327 e. The van der Waals surface area contributed by atoms with E-state index in [1.807, 2.05) is 25.1 Å². The Morgan fingerprint density at radius 3 is 2.54 bits per heavy atom. The van der Waals surface area contributed by atoms with Gasteiger partial charge in [-0.2, -0.15) is 0 Å². The minimum atomic E-state index is -0.561. The van der Waals surface area contributed by atoms with Crippen LogP contribution < -0.4 is 4.90 Å². The fourth-order valence-electron chi connectivity index (χ4n) is 3.44. The molecule has 0 aliphatic carbocycles. The molecular weight excluding hydrogens is 331 g/mol. The first-order valence-electron chi connectivity index (χ1n) is 8.80. The third-order valence-corrected chi connectivity index (χ3v) is 4.86. The van der Waals surface area contributed by atoms with Crippen molar-refractivity contribution in [3.8, 4) is 0 Å². The number of nitrogens with zero attached hydrogens (tertiary/aromatic N) is 2. The lowest BCUT2D eigenvalue weighted by Crippen LogP contribution is -2.47. The van der Waals surface area contributed by atoms with Gasteiger partial charge in [0.15, 0.2) is 0 Å². The number of anilines is 1. The minimum absolute atomic E-state index is 0.151. The van der Waals surface area contributed by atoms with Gasteiger partial charge in [0.1, 0.15) is 11.9 Å². The fourth-order valence-corrected chi connectivity index (χ4v) is 3.44. The average Bonchev–Trinajstić information content (AvgIpc) is 3.09. The third kappa shape index (κ3) is 3.47. The zero-order valence-corrected chi connectivity index (χ0v) is 15.3. The summed E-state index contributed by atoms with van der Waals surface area (Å²) in [4.78, 5) is 28.8. The maximum Gasteiger partial charge on any atom is 0.254 e. The van der Waals surface area contributed by atoms with E-state index in [0.29, 0.717) is 18.5 Å². The van der Waals surface area contributed by atoms with Gasteiger partial charge < -0.3 is 9.80 Å². The highest BCUT2D eigenvalue weighted by Crippen LogP contribution is 2.26. The molecule has 0 N–H and O–H groups in total. The number of rotatable bonds is 3. The molecule has 4 nitrogen and oxygen atoms in total. The Kier molecular flexibility index (Phi) is 5.07. The van der Waals surface area contributed by atoms with Crippen molar-refractivity contribution < 1.29 is 14.0 Å². The van der Waals surface area contributed by atoms with Crippen LogP contribution >= 0.6 is 0 Å². The summed E-state index contributed by atoms with van der Waals surface area (Å²) in [5, 5.41) is 0. The van der Waals surface area contributed by atoms with E-state index in [-0.39, 0.29) is 17.5 Å². The predicted molar refractivity (Wildman–Crippen MR) is 99.8 cm³/mol. The van der Waals surface area contributed by atoms with Crippen LogP contribution in [-0.4, -0.2) is 36.3 Å². The second-order valence-electron chi connectivity index (χ2n) is 6.88. The number of likely N-dealkylation sites (tertiary alicyclic amines) is 1. The molecule has 0 bridgehead atoms. The van der Waals surface area contributed by atoms with Crippen molar-refractivity contribution in [1.82, 2.24) is 4.90 Å². The van der Waals surface area contributed by atoms with Crippen LogP contribution in [0.15, 0.2) is 42.5 Å². The topological polar surface area (TPSA) is 40.6 Å². The van der Waals surface area contributed by atoms with Crippen molar-refractivity contribution in [2.45, 2.75) is 32.7 Å². The molecule has 5 heteroatoms. The average molecular weight is 354 g/mol. The zero-order chi connectivity index (χ0) is 18.8. The van der Waals surface area contributed by atoms with E-state index in [2.05, 4.69) is 0 Å². The Balaban J connectivity index is 1.83. The molecule has 0 saturated carbocycles. The van der Waals surface area contributed by atoms with Gasteiger partial charge in [-0.25, -0.2) is 4.39 Å². The highest BCUT2D eigenvalue weighted by Gasteiger charge is 2.36. The summed E-state index contributed by atoms with van der Waals surface area (Å²) < 4.78 is 14.2. The van der Waals surface area contributed by atoms with Crippen LogP contribution in [0, 0.1) is 19.7 Å². The van der Waals surface area contributed by atoms with E-state index in [1.54, 1.807) is 37.1 Å². The van der Waals surface area contributed by atoms with Crippen molar-refractivity contribution in [2.24, 2.45) is 0 Å². The quantitative estimate of drug-likeness (QED) is 0.843. The number of likely N-dealkylation sites (N-methyl/N-ethyl adjacent to an activating group) is 1. The molecule has 3 rings (SSSR count). The molecule has 1 aliphatic heterocycles. The number of benzene rings is 2. The van der Waals surface area contributed by atoms with Gasteiger partial charge in [0.2, 0.25) is 5.91 Å². The van der Waals surface area contributed by atoms with E-state index in [1.165, 1.54) is 11.0 Å². The Hall–Kier alpha value is -2.69. The summed E-state index contributed by atoms with van der Waals surface area (Å²) in [6.07, 6.45) is 1.35. The van der Waals surface area contributed by atoms with Crippen LogP contribution in [0.25, 0.3) is 0 Å². The smallest absolute Gasteiger partial charge is 0.254 e. The third-order valence-electron chi connectivity index (χ3n) is 4.86. The van der Waals surface area contributed by atoms with Gasteiger partial charge >= 0.3 is 0 Å². The number of halogens is 1. The molecule has 2 amide bonds. The summed E-state index contributed by atoms with van der Waals surface area (Å²) in [7, 11) is 1.56. The van der Waals surface area contributed by atoms with Crippen LogP contribution in [0.5, 0.6) is 0 Å². The van der Waals surface area contributed by atoms with Gasteiger partial charge in [-0.1, -0.05) is 23.8 Å². The Morgan fingerprint density at radius 2 is 1.85 bits per heavy atom. The Morgan fingerprint density at radius 1 is 1.12 bits per heavy atom. The van der Waals surface area contributed by atoms with E-state index in [0.717, 1.165) is 17.5 Å². The second kappa shape index (κ2) is 7.28. The monoisotopic (exact) mass is 354 g/mol. The van der Waals surface area contributed by atoms with Gasteiger partial charge in [0, 0.05) is 19.2 Å². The Bertz CT molecular complexity index is 850. The second-order valence-corrected chi connectivity index (χ2v) is 6.88. The number of hydrogen-bond acceptors (Lipinski definition) is 2. The summed E-state index contributed by atoms with van der Waals surface area (Å²) in [6.45, 7) is 4.26. The number of amides is 2. The predicted octanol–water partition coefficient (Wildman–Crippen LogP) is 3.71. The van der Waals surface area contributed by atoms with Gasteiger partial charge in [0.05, 0.1) is 5.69 Å². The maximum atomic E-state index is 14.2. The first-order valence-corrected chi connectivity index (χ1v) is 8.80. The van der Waals surface area contributed by atoms with Crippen LogP contribution in [-0.2, 0) is 4.79 Å². The first-order chi connectivity index (χ1) is 12.4. The lowest BCUT2D eigenvalue weighted by atomic mass is 10.1. The highest BCUT2D eigenvalue weighted by molar-refractivity contribution is 6.02. The number of carbonyl (C=O) groups excluding carboxylic acids is 2. The van der Waals surface area contributed by atoms with E-state index >= 15 is 0 Å². The minimum Gasteiger partial charge on any atom is -0.327 e. The van der Waals surface area contributed by atoms with Gasteiger partial charge in [-0.15, -0.1) is 0 Å². The molecule has 2 aromatic rings. The molecule has 0 unspecified atom stereocenters. The summed E-state index contributed by atoms with van der Waals surface area (Å²) >= 11 is 0. The van der Waals surface area contributed by atoms with Crippen LogP contribution in [0.1, 0.15) is 34.3 Å². The summed E-state index contributed by atoms with van der Waals surface area (Å²) in [5.74, 6) is -0.844. The fraction of sp³-hybridized carbons (Fsp3) is 0.333. The van der Waals surface area contributed by atoms with Crippen molar-refractivity contribution in [2.75, 3.05) is 18.5 Å². The lowest BCUT2D eigenvalue weighted by molar-refractivity contribution is -0.122.